The molecule has 1 amide bonds. The third kappa shape index (κ3) is 4.61. The summed E-state index contributed by atoms with van der Waals surface area (Å²) >= 11 is 3.39. The van der Waals surface area contributed by atoms with Gasteiger partial charge in [-0.15, -0.1) is 0 Å². The first kappa shape index (κ1) is 16.7. The van der Waals surface area contributed by atoms with E-state index in [2.05, 4.69) is 21.2 Å². The second-order valence-electron chi connectivity index (χ2n) is 4.71. The normalized spacial score (nSPS) is 12.2. The molecule has 1 unspecified atom stereocenters. The highest BCUT2D eigenvalue weighted by Gasteiger charge is 2.22. The average molecular weight is 343 g/mol. The molecule has 0 fully saturated rings. The third-order valence-corrected chi connectivity index (χ3v) is 3.65. The van der Waals surface area contributed by atoms with Crippen molar-refractivity contribution in [3.05, 3.63) is 28.2 Å². The van der Waals surface area contributed by atoms with Crippen LogP contribution in [0.2, 0.25) is 0 Å². The van der Waals surface area contributed by atoms with Gasteiger partial charge in [-0.05, 0) is 54.0 Å². The molecule has 0 aliphatic rings. The number of carboxylic acids is 1. The van der Waals surface area contributed by atoms with E-state index < -0.39 is 12.0 Å². The molecule has 0 bridgehead atoms. The molecule has 6 heteroatoms. The van der Waals surface area contributed by atoms with Crippen LogP contribution in [0.5, 0.6) is 0 Å². The molecule has 0 aromatic heterocycles. The number of carbonyl (C=O) groups is 2. The lowest BCUT2D eigenvalue weighted by molar-refractivity contribution is -0.143. The Labute approximate surface area is 127 Å². The van der Waals surface area contributed by atoms with Gasteiger partial charge in [0, 0.05) is 4.47 Å². The zero-order valence-electron chi connectivity index (χ0n) is 11.8. The first-order valence-corrected chi connectivity index (χ1v) is 7.13. The number of likely N-dealkylation sites (N-methyl/N-ethyl adjacent to an activating group) is 1. The van der Waals surface area contributed by atoms with Crippen LogP contribution in [0.15, 0.2) is 22.7 Å². The highest BCUT2D eigenvalue weighted by molar-refractivity contribution is 9.10. The summed E-state index contributed by atoms with van der Waals surface area (Å²) in [4.78, 5) is 24.5. The van der Waals surface area contributed by atoms with Gasteiger partial charge in [0.1, 0.15) is 6.04 Å². The summed E-state index contributed by atoms with van der Waals surface area (Å²) < 4.78 is 0.804. The Morgan fingerprint density at radius 3 is 2.60 bits per heavy atom. The zero-order valence-corrected chi connectivity index (χ0v) is 13.4. The molecule has 0 aliphatic carbocycles. The van der Waals surface area contributed by atoms with Crippen LogP contribution < -0.4 is 5.32 Å². The van der Waals surface area contributed by atoms with Crippen LogP contribution >= 0.6 is 15.9 Å². The number of hydrogen-bond donors (Lipinski definition) is 2. The largest absolute Gasteiger partial charge is 0.480 e. The molecule has 0 aliphatic heterocycles. The summed E-state index contributed by atoms with van der Waals surface area (Å²) in [6.07, 6.45) is 0.452. The number of carboxylic acid groups (broad SMARTS) is 1. The maximum atomic E-state index is 11.9. The number of aliphatic carboxylic acids is 1. The molecule has 5 nitrogen and oxygen atoms in total. The van der Waals surface area contributed by atoms with Gasteiger partial charge < -0.3 is 10.4 Å². The minimum absolute atomic E-state index is 0.0329. The van der Waals surface area contributed by atoms with Gasteiger partial charge >= 0.3 is 5.97 Å². The molecule has 0 saturated heterocycles. The summed E-state index contributed by atoms with van der Waals surface area (Å²) in [5.41, 5.74) is 1.77. The maximum Gasteiger partial charge on any atom is 0.320 e. The van der Waals surface area contributed by atoms with Crippen molar-refractivity contribution in [2.75, 3.05) is 18.9 Å². The predicted molar refractivity (Wildman–Crippen MR) is 81.9 cm³/mol. The highest BCUT2D eigenvalue weighted by atomic mass is 79.9. The van der Waals surface area contributed by atoms with Crippen LogP contribution in [-0.4, -0.2) is 41.5 Å². The van der Waals surface area contributed by atoms with Gasteiger partial charge in [-0.2, -0.15) is 0 Å². The lowest BCUT2D eigenvalue weighted by Crippen LogP contribution is -2.42. The molecule has 110 valence electrons. The minimum atomic E-state index is -0.917. The van der Waals surface area contributed by atoms with Gasteiger partial charge in [0.25, 0.3) is 0 Å². The van der Waals surface area contributed by atoms with E-state index in [4.69, 9.17) is 5.11 Å². The fourth-order valence-corrected chi connectivity index (χ4v) is 2.52. The van der Waals surface area contributed by atoms with Crippen molar-refractivity contribution in [1.82, 2.24) is 4.90 Å². The monoisotopic (exact) mass is 342 g/mol. The second kappa shape index (κ2) is 7.40. The molecule has 1 aromatic carbocycles. The van der Waals surface area contributed by atoms with Gasteiger partial charge in [0.2, 0.25) is 5.91 Å². The minimum Gasteiger partial charge on any atom is -0.480 e. The van der Waals surface area contributed by atoms with Gasteiger partial charge in [0.15, 0.2) is 0 Å². The van der Waals surface area contributed by atoms with Gasteiger partial charge in [-0.25, -0.2) is 0 Å². The fourth-order valence-electron chi connectivity index (χ4n) is 1.92. The van der Waals surface area contributed by atoms with E-state index in [1.165, 1.54) is 4.90 Å². The van der Waals surface area contributed by atoms with E-state index in [1.54, 1.807) is 14.0 Å². The Balaban J connectivity index is 2.65. The predicted octanol–water partition coefficient (Wildman–Crippen LogP) is 2.49. The summed E-state index contributed by atoms with van der Waals surface area (Å²) in [5.74, 6) is -1.16. The number of rotatable bonds is 6. The van der Waals surface area contributed by atoms with Crippen LogP contribution in [-0.2, 0) is 9.59 Å². The summed E-state index contributed by atoms with van der Waals surface area (Å²) in [5, 5.41) is 11.8. The Hall–Kier alpha value is -1.40. The maximum absolute atomic E-state index is 11.9. The Morgan fingerprint density at radius 1 is 1.45 bits per heavy atom. The van der Waals surface area contributed by atoms with Crippen molar-refractivity contribution in [2.45, 2.75) is 26.3 Å². The molecule has 0 heterocycles. The number of benzene rings is 1. The molecule has 0 radical (unpaired) electrons. The van der Waals surface area contributed by atoms with Crippen LogP contribution in [0, 0.1) is 6.92 Å². The van der Waals surface area contributed by atoms with Crippen molar-refractivity contribution in [3.63, 3.8) is 0 Å². The van der Waals surface area contributed by atoms with E-state index in [0.717, 1.165) is 10.0 Å². The lowest BCUT2D eigenvalue weighted by Gasteiger charge is -2.22. The molecule has 0 saturated carbocycles. The van der Waals surface area contributed by atoms with Gasteiger partial charge in [0.05, 0.1) is 12.2 Å². The molecule has 2 N–H and O–H groups in total. The number of amides is 1. The van der Waals surface area contributed by atoms with E-state index >= 15 is 0 Å². The van der Waals surface area contributed by atoms with Crippen molar-refractivity contribution in [3.8, 4) is 0 Å². The number of anilines is 1. The third-order valence-electron chi connectivity index (χ3n) is 3.00. The summed E-state index contributed by atoms with van der Waals surface area (Å²) in [7, 11) is 1.63. The van der Waals surface area contributed by atoms with Crippen LogP contribution in [0.4, 0.5) is 5.69 Å². The molecule has 1 atom stereocenters. The zero-order chi connectivity index (χ0) is 15.3. The molecule has 20 heavy (non-hydrogen) atoms. The average Bonchev–Trinajstić information content (AvgIpc) is 2.33. The summed E-state index contributed by atoms with van der Waals surface area (Å²) in [6, 6.07) is 4.97. The van der Waals surface area contributed by atoms with Crippen LogP contribution in [0.3, 0.4) is 0 Å². The van der Waals surface area contributed by atoms with Crippen molar-refractivity contribution >= 4 is 33.5 Å². The number of hydrogen-bond acceptors (Lipinski definition) is 3. The first-order chi connectivity index (χ1) is 9.35. The second-order valence-corrected chi connectivity index (χ2v) is 5.56. The molecule has 0 spiro atoms. The highest BCUT2D eigenvalue weighted by Crippen LogP contribution is 2.23. The van der Waals surface area contributed by atoms with Gasteiger partial charge in [-0.3, -0.25) is 14.5 Å². The van der Waals surface area contributed by atoms with E-state index in [-0.39, 0.29) is 12.5 Å². The first-order valence-electron chi connectivity index (χ1n) is 6.34. The topological polar surface area (TPSA) is 69.6 Å². The number of nitrogens with one attached hydrogen (secondary N) is 1. The fraction of sp³-hybridized carbons (Fsp3) is 0.429. The molecular formula is C14H19BrN2O3. The molecular weight excluding hydrogens is 324 g/mol. The van der Waals surface area contributed by atoms with Crippen molar-refractivity contribution < 1.29 is 14.7 Å². The Morgan fingerprint density at radius 2 is 2.10 bits per heavy atom. The number of carbonyl (C=O) groups excluding carboxylic acids is 1. The Kier molecular flexibility index (Phi) is 6.16. The van der Waals surface area contributed by atoms with E-state index in [0.29, 0.717) is 12.1 Å². The van der Waals surface area contributed by atoms with Crippen LogP contribution in [0.1, 0.15) is 18.9 Å². The number of aryl methyl sites for hydroxylation is 1. The standard InChI is InChI=1S/C14H19BrN2O3/c1-4-12(14(19)20)17(3)8-13(18)16-11-6-5-9(2)7-10(11)15/h5-7,12H,4,8H2,1-3H3,(H,16,18)(H,19,20). The number of halogens is 1. The molecule has 1 rings (SSSR count). The van der Waals surface area contributed by atoms with Gasteiger partial charge in [-0.1, -0.05) is 13.0 Å². The molecule has 1 aromatic rings. The number of nitrogens with zero attached hydrogens (tertiary/aromatic N) is 1. The summed E-state index contributed by atoms with van der Waals surface area (Å²) in [6.45, 7) is 3.78. The quantitative estimate of drug-likeness (QED) is 0.833. The van der Waals surface area contributed by atoms with E-state index in [9.17, 15) is 9.59 Å². The smallest absolute Gasteiger partial charge is 0.320 e. The Bertz CT molecular complexity index is 505. The SMILES string of the molecule is CCC(C(=O)O)N(C)CC(=O)Nc1ccc(C)cc1Br. The van der Waals surface area contributed by atoms with E-state index in [1.807, 2.05) is 25.1 Å². The van der Waals surface area contributed by atoms with Crippen molar-refractivity contribution in [2.24, 2.45) is 0 Å². The van der Waals surface area contributed by atoms with Crippen LogP contribution in [0.25, 0.3) is 0 Å². The van der Waals surface area contributed by atoms with Crippen molar-refractivity contribution in [1.29, 1.82) is 0 Å². The lowest BCUT2D eigenvalue weighted by atomic mass is 10.2.